The van der Waals surface area contributed by atoms with Crippen LogP contribution in [0.25, 0.3) is 0 Å². The summed E-state index contributed by atoms with van der Waals surface area (Å²) in [6.45, 7) is 13.4. The summed E-state index contributed by atoms with van der Waals surface area (Å²) in [5.41, 5.74) is 1.38. The van der Waals surface area contributed by atoms with Crippen molar-refractivity contribution in [2.75, 3.05) is 39.3 Å². The van der Waals surface area contributed by atoms with E-state index in [0.717, 1.165) is 51.6 Å². The minimum Gasteiger partial charge on any atom is -1.00 e. The number of aliphatic hydroxyl groups is 1. The lowest BCUT2D eigenvalue weighted by molar-refractivity contribution is -0.0755. The summed E-state index contributed by atoms with van der Waals surface area (Å²) in [5, 5.41) is 10.5. The molecule has 2 aliphatic rings. The summed E-state index contributed by atoms with van der Waals surface area (Å²) in [5.74, 6) is 2.05. The number of benzene rings is 1. The Morgan fingerprint density at radius 2 is 1.63 bits per heavy atom. The van der Waals surface area contributed by atoms with Crippen LogP contribution in [-0.4, -0.2) is 66.4 Å². The molecule has 0 radical (unpaired) electrons. The van der Waals surface area contributed by atoms with Gasteiger partial charge in [0, 0.05) is 39.3 Å². The lowest BCUT2D eigenvalue weighted by Gasteiger charge is -2.38. The molecule has 4 unspecified atom stereocenters. The van der Waals surface area contributed by atoms with Gasteiger partial charge in [0.1, 0.15) is 0 Å². The molecule has 1 aliphatic carbocycles. The second kappa shape index (κ2) is 13.9. The molecule has 0 aromatic heterocycles. The summed E-state index contributed by atoms with van der Waals surface area (Å²) in [6, 6.07) is 10.7. The predicted molar refractivity (Wildman–Crippen MR) is 115 cm³/mol. The van der Waals surface area contributed by atoms with Gasteiger partial charge in [-0.2, -0.15) is 0 Å². The molecule has 4 nitrogen and oxygen atoms in total. The molecule has 2 fully saturated rings. The Morgan fingerprint density at radius 3 is 2.27 bits per heavy atom. The Kier molecular flexibility index (Phi) is 12.8. The maximum Gasteiger partial charge on any atom is 0.0900 e. The number of β-amino-alcohol motifs (C(OH)–C–C–N with tert-alkyl or cyclic N) is 1. The molecule has 1 aliphatic heterocycles. The standard InChI is InChI=1S/C24H40N2O2.2ClH/c1-19(2)23-10-9-20(3)15-24(23)28-18-22(27)17-26-13-11-25(12-14-26)16-21-7-5-4-6-8-21;;/h4-8,19-20,22-24,27H,9-18H2,1-3H3;2*1H/p-2. The monoisotopic (exact) mass is 458 g/mol. The van der Waals surface area contributed by atoms with Crippen LogP contribution in [0.2, 0.25) is 0 Å². The summed E-state index contributed by atoms with van der Waals surface area (Å²) < 4.78 is 6.24. The van der Waals surface area contributed by atoms with E-state index in [-0.39, 0.29) is 30.9 Å². The highest BCUT2D eigenvalue weighted by Gasteiger charge is 2.32. The maximum absolute atomic E-state index is 10.5. The highest BCUT2D eigenvalue weighted by atomic mass is 35.5. The second-order valence-corrected chi connectivity index (χ2v) is 9.41. The Balaban J connectivity index is 0.00000225. The zero-order valence-corrected chi connectivity index (χ0v) is 20.4. The van der Waals surface area contributed by atoms with Crippen molar-refractivity contribution in [2.45, 2.75) is 58.8 Å². The van der Waals surface area contributed by atoms with E-state index in [1.54, 1.807) is 0 Å². The summed E-state index contributed by atoms with van der Waals surface area (Å²) in [6.07, 6.45) is 3.67. The molecule has 174 valence electrons. The number of rotatable bonds is 8. The highest BCUT2D eigenvalue weighted by Crippen LogP contribution is 2.35. The van der Waals surface area contributed by atoms with Crippen molar-refractivity contribution in [1.29, 1.82) is 0 Å². The van der Waals surface area contributed by atoms with Crippen LogP contribution in [0, 0.1) is 17.8 Å². The molecule has 1 saturated carbocycles. The number of hydrogen-bond acceptors (Lipinski definition) is 4. The third-order valence-electron chi connectivity index (χ3n) is 6.65. The van der Waals surface area contributed by atoms with Crippen molar-refractivity contribution >= 4 is 0 Å². The van der Waals surface area contributed by atoms with E-state index in [0.29, 0.717) is 24.5 Å². The first-order valence-electron chi connectivity index (χ1n) is 11.3. The lowest BCUT2D eigenvalue weighted by Crippen LogP contribution is -3.00. The largest absolute Gasteiger partial charge is 1.00 e. The SMILES string of the molecule is CC1CCC(C(C)C)C(OCC(O)CN2CCN(Cc3ccccc3)CC2)C1.[Cl-].[Cl-]. The van der Waals surface area contributed by atoms with Crippen LogP contribution in [0.15, 0.2) is 30.3 Å². The molecule has 1 heterocycles. The fourth-order valence-corrected chi connectivity index (χ4v) is 4.86. The van der Waals surface area contributed by atoms with E-state index in [2.05, 4.69) is 60.9 Å². The van der Waals surface area contributed by atoms with Gasteiger partial charge in [-0.05, 0) is 36.2 Å². The van der Waals surface area contributed by atoms with Crippen molar-refractivity contribution in [3.05, 3.63) is 35.9 Å². The number of ether oxygens (including phenoxy) is 1. The van der Waals surface area contributed by atoms with Gasteiger partial charge in [-0.15, -0.1) is 0 Å². The Morgan fingerprint density at radius 1 is 1.00 bits per heavy atom. The zero-order chi connectivity index (χ0) is 19.9. The minimum atomic E-state index is -0.384. The molecule has 0 bridgehead atoms. The topological polar surface area (TPSA) is 35.9 Å². The third kappa shape index (κ3) is 8.64. The van der Waals surface area contributed by atoms with Gasteiger partial charge in [-0.25, -0.2) is 0 Å². The van der Waals surface area contributed by atoms with Crippen LogP contribution in [0.4, 0.5) is 0 Å². The quantitative estimate of drug-likeness (QED) is 0.473. The highest BCUT2D eigenvalue weighted by molar-refractivity contribution is 5.14. The molecule has 4 atom stereocenters. The molecule has 1 N–H and O–H groups in total. The molecule has 0 amide bonds. The van der Waals surface area contributed by atoms with E-state index >= 15 is 0 Å². The van der Waals surface area contributed by atoms with Crippen molar-refractivity contribution in [1.82, 2.24) is 9.80 Å². The van der Waals surface area contributed by atoms with Crippen LogP contribution in [0.5, 0.6) is 0 Å². The van der Waals surface area contributed by atoms with Gasteiger partial charge in [-0.1, -0.05) is 57.5 Å². The predicted octanol–water partition coefficient (Wildman–Crippen LogP) is -2.35. The van der Waals surface area contributed by atoms with Crippen LogP contribution in [-0.2, 0) is 11.3 Å². The fourth-order valence-electron chi connectivity index (χ4n) is 4.86. The van der Waals surface area contributed by atoms with E-state index < -0.39 is 0 Å². The van der Waals surface area contributed by atoms with Crippen LogP contribution in [0.3, 0.4) is 0 Å². The zero-order valence-electron chi connectivity index (χ0n) is 18.9. The van der Waals surface area contributed by atoms with Gasteiger partial charge in [0.2, 0.25) is 0 Å². The number of halogens is 2. The number of piperazine rings is 1. The molecular formula is C24H40Cl2N2O2-2. The van der Waals surface area contributed by atoms with Crippen molar-refractivity contribution < 1.29 is 34.7 Å². The number of aliphatic hydroxyl groups excluding tert-OH is 1. The van der Waals surface area contributed by atoms with E-state index in [4.69, 9.17) is 4.74 Å². The average Bonchev–Trinajstić information content (AvgIpc) is 2.68. The van der Waals surface area contributed by atoms with E-state index in [1.165, 1.54) is 18.4 Å². The molecule has 1 aromatic rings. The molecule has 6 heteroatoms. The first-order valence-corrected chi connectivity index (χ1v) is 11.3. The summed E-state index contributed by atoms with van der Waals surface area (Å²) in [7, 11) is 0. The van der Waals surface area contributed by atoms with Crippen molar-refractivity contribution in [3.63, 3.8) is 0 Å². The Bertz CT molecular complexity index is 568. The van der Waals surface area contributed by atoms with Crippen molar-refractivity contribution in [3.8, 4) is 0 Å². The molecule has 1 saturated heterocycles. The number of nitrogens with zero attached hydrogens (tertiary/aromatic N) is 2. The van der Waals surface area contributed by atoms with Gasteiger partial charge < -0.3 is 34.7 Å². The van der Waals surface area contributed by atoms with Crippen molar-refractivity contribution in [2.24, 2.45) is 17.8 Å². The summed E-state index contributed by atoms with van der Waals surface area (Å²) in [4.78, 5) is 4.89. The smallest absolute Gasteiger partial charge is 0.0900 e. The maximum atomic E-state index is 10.5. The van der Waals surface area contributed by atoms with E-state index in [9.17, 15) is 5.11 Å². The van der Waals surface area contributed by atoms with Gasteiger partial charge >= 0.3 is 0 Å². The summed E-state index contributed by atoms with van der Waals surface area (Å²) >= 11 is 0. The molecule has 30 heavy (non-hydrogen) atoms. The van der Waals surface area contributed by atoms with E-state index in [1.807, 2.05) is 0 Å². The first-order chi connectivity index (χ1) is 13.5. The Labute approximate surface area is 196 Å². The molecule has 0 spiro atoms. The van der Waals surface area contributed by atoms with Crippen LogP contribution in [0.1, 0.15) is 45.6 Å². The van der Waals surface area contributed by atoms with Crippen LogP contribution >= 0.6 is 0 Å². The van der Waals surface area contributed by atoms with Crippen LogP contribution < -0.4 is 24.8 Å². The molecule has 1 aromatic carbocycles. The Hall–Kier alpha value is -0.360. The lowest BCUT2D eigenvalue weighted by atomic mass is 9.75. The number of hydrogen-bond donors (Lipinski definition) is 1. The first kappa shape index (κ1) is 27.7. The second-order valence-electron chi connectivity index (χ2n) is 9.41. The van der Waals surface area contributed by atoms with Gasteiger partial charge in [0.15, 0.2) is 0 Å². The van der Waals surface area contributed by atoms with Gasteiger partial charge in [0.05, 0.1) is 18.8 Å². The van der Waals surface area contributed by atoms with Gasteiger partial charge in [0.25, 0.3) is 0 Å². The minimum absolute atomic E-state index is 0. The molecular weight excluding hydrogens is 419 g/mol. The normalized spacial score (nSPS) is 26.6. The molecule has 3 rings (SSSR count). The average molecular weight is 460 g/mol. The van der Waals surface area contributed by atoms with Gasteiger partial charge in [-0.3, -0.25) is 9.80 Å². The third-order valence-corrected chi connectivity index (χ3v) is 6.65. The fraction of sp³-hybridized carbons (Fsp3) is 0.750.